The zero-order valence-electron chi connectivity index (χ0n) is 7.68. The third-order valence-corrected chi connectivity index (χ3v) is 3.42. The molecule has 0 saturated carbocycles. The number of likely N-dealkylation sites (tertiary alicyclic amines) is 1. The molecule has 1 aromatic rings. The Balaban J connectivity index is 2.02. The van der Waals surface area contributed by atoms with E-state index < -0.39 is 0 Å². The van der Waals surface area contributed by atoms with E-state index >= 15 is 0 Å². The van der Waals surface area contributed by atoms with Crippen molar-refractivity contribution in [3.8, 4) is 0 Å². The summed E-state index contributed by atoms with van der Waals surface area (Å²) >= 11 is 1.54. The minimum absolute atomic E-state index is 0.357. The number of aliphatic hydroxyl groups is 1. The summed E-state index contributed by atoms with van der Waals surface area (Å²) in [4.78, 5) is 6.39. The summed E-state index contributed by atoms with van der Waals surface area (Å²) in [5, 5.41) is 12.7. The van der Waals surface area contributed by atoms with Gasteiger partial charge in [-0.25, -0.2) is 4.98 Å². The van der Waals surface area contributed by atoms with Gasteiger partial charge in [0, 0.05) is 24.0 Å². The first-order valence-electron chi connectivity index (χ1n) is 4.53. The first-order valence-corrected chi connectivity index (χ1v) is 5.41. The van der Waals surface area contributed by atoms with Crippen LogP contribution in [0.5, 0.6) is 0 Å². The summed E-state index contributed by atoms with van der Waals surface area (Å²) < 4.78 is 0. The molecule has 0 bridgehead atoms. The lowest BCUT2D eigenvalue weighted by molar-refractivity contribution is 0.112. The Morgan fingerprint density at radius 1 is 1.77 bits per heavy atom. The second-order valence-electron chi connectivity index (χ2n) is 3.63. The average Bonchev–Trinajstić information content (AvgIpc) is 2.72. The van der Waals surface area contributed by atoms with Gasteiger partial charge >= 0.3 is 0 Å². The number of hydrogen-bond donors (Lipinski definition) is 1. The Labute approximate surface area is 82.0 Å². The van der Waals surface area contributed by atoms with Crippen molar-refractivity contribution in [1.82, 2.24) is 9.88 Å². The van der Waals surface area contributed by atoms with Gasteiger partial charge in [-0.05, 0) is 20.0 Å². The van der Waals surface area contributed by atoms with Crippen LogP contribution in [0.15, 0.2) is 11.6 Å². The normalized spacial score (nSPS) is 26.5. The molecule has 2 unspecified atom stereocenters. The molecular weight excluding hydrogens is 184 g/mol. The molecule has 4 heteroatoms. The van der Waals surface area contributed by atoms with Crippen LogP contribution in [0, 0.1) is 5.92 Å². The van der Waals surface area contributed by atoms with Crippen molar-refractivity contribution in [2.75, 3.05) is 20.1 Å². The lowest BCUT2D eigenvalue weighted by Gasteiger charge is -2.15. The molecule has 0 aromatic carbocycles. The van der Waals surface area contributed by atoms with Crippen LogP contribution in [0.4, 0.5) is 0 Å². The maximum atomic E-state index is 9.95. The lowest BCUT2D eigenvalue weighted by atomic mass is 10.0. The molecule has 1 aliphatic rings. The van der Waals surface area contributed by atoms with Gasteiger partial charge in [0.1, 0.15) is 11.1 Å². The minimum Gasteiger partial charge on any atom is -0.386 e. The van der Waals surface area contributed by atoms with Crippen LogP contribution < -0.4 is 0 Å². The quantitative estimate of drug-likeness (QED) is 0.774. The summed E-state index contributed by atoms with van der Waals surface area (Å²) in [5.74, 6) is 0.371. The molecule has 3 nitrogen and oxygen atoms in total. The molecule has 1 aliphatic heterocycles. The predicted molar refractivity (Wildman–Crippen MR) is 52.7 cm³/mol. The molecule has 0 radical (unpaired) electrons. The van der Waals surface area contributed by atoms with Crippen molar-refractivity contribution in [2.45, 2.75) is 12.5 Å². The molecule has 1 saturated heterocycles. The summed E-state index contributed by atoms with van der Waals surface area (Å²) in [6.07, 6.45) is 2.48. The molecular formula is C9H14N2OS. The molecule has 0 spiro atoms. The van der Waals surface area contributed by atoms with Crippen LogP contribution in [0.1, 0.15) is 17.5 Å². The van der Waals surface area contributed by atoms with Gasteiger partial charge in [0.05, 0.1) is 0 Å². The van der Waals surface area contributed by atoms with Crippen molar-refractivity contribution < 1.29 is 5.11 Å². The van der Waals surface area contributed by atoms with Gasteiger partial charge in [-0.1, -0.05) is 0 Å². The molecule has 2 atom stereocenters. The Kier molecular flexibility index (Phi) is 2.62. The van der Waals surface area contributed by atoms with Crippen LogP contribution in [0.3, 0.4) is 0 Å². The first-order chi connectivity index (χ1) is 6.27. The molecule has 2 heterocycles. The summed E-state index contributed by atoms with van der Waals surface area (Å²) in [7, 11) is 2.09. The number of rotatable bonds is 2. The van der Waals surface area contributed by atoms with Crippen molar-refractivity contribution >= 4 is 11.3 Å². The Bertz CT molecular complexity index is 263. The number of hydrogen-bond acceptors (Lipinski definition) is 4. The van der Waals surface area contributed by atoms with Gasteiger partial charge in [0.15, 0.2) is 0 Å². The molecule has 13 heavy (non-hydrogen) atoms. The molecule has 2 rings (SSSR count). The van der Waals surface area contributed by atoms with E-state index in [-0.39, 0.29) is 6.10 Å². The van der Waals surface area contributed by atoms with Gasteiger partial charge in [0.25, 0.3) is 0 Å². The van der Waals surface area contributed by atoms with E-state index in [9.17, 15) is 5.11 Å². The highest BCUT2D eigenvalue weighted by Crippen LogP contribution is 2.29. The van der Waals surface area contributed by atoms with Crippen molar-refractivity contribution in [1.29, 1.82) is 0 Å². The Morgan fingerprint density at radius 3 is 3.15 bits per heavy atom. The number of nitrogens with zero attached hydrogens (tertiary/aromatic N) is 2. The molecule has 1 fully saturated rings. The monoisotopic (exact) mass is 198 g/mol. The fourth-order valence-electron chi connectivity index (χ4n) is 1.81. The Hall–Kier alpha value is -0.450. The van der Waals surface area contributed by atoms with Crippen LogP contribution in [-0.4, -0.2) is 35.1 Å². The minimum atomic E-state index is -0.357. The Morgan fingerprint density at radius 2 is 2.62 bits per heavy atom. The number of aromatic nitrogens is 1. The maximum absolute atomic E-state index is 9.95. The third kappa shape index (κ3) is 1.90. The van der Waals surface area contributed by atoms with Crippen LogP contribution in [-0.2, 0) is 0 Å². The molecule has 0 amide bonds. The second kappa shape index (κ2) is 3.74. The van der Waals surface area contributed by atoms with E-state index in [0.29, 0.717) is 5.92 Å². The third-order valence-electron chi connectivity index (χ3n) is 2.58. The largest absolute Gasteiger partial charge is 0.386 e. The highest BCUT2D eigenvalue weighted by atomic mass is 32.1. The van der Waals surface area contributed by atoms with E-state index in [1.807, 2.05) is 5.38 Å². The highest BCUT2D eigenvalue weighted by Gasteiger charge is 2.28. The van der Waals surface area contributed by atoms with Crippen LogP contribution >= 0.6 is 11.3 Å². The van der Waals surface area contributed by atoms with Gasteiger partial charge in [-0.3, -0.25) is 0 Å². The smallest absolute Gasteiger partial charge is 0.121 e. The van der Waals surface area contributed by atoms with E-state index in [0.717, 1.165) is 24.5 Å². The first kappa shape index (κ1) is 9.12. The fraction of sp³-hybridized carbons (Fsp3) is 0.667. The molecule has 72 valence electrons. The fourth-order valence-corrected chi connectivity index (χ4v) is 2.52. The lowest BCUT2D eigenvalue weighted by Crippen LogP contribution is -2.18. The van der Waals surface area contributed by atoms with Gasteiger partial charge in [0.2, 0.25) is 0 Å². The highest BCUT2D eigenvalue weighted by molar-refractivity contribution is 7.09. The SMILES string of the molecule is CN1CCC(C(O)c2nccs2)C1. The van der Waals surface area contributed by atoms with Crippen LogP contribution in [0.2, 0.25) is 0 Å². The molecule has 1 aromatic heterocycles. The van der Waals surface area contributed by atoms with E-state index in [1.54, 1.807) is 6.20 Å². The standard InChI is InChI=1S/C9H14N2OS/c1-11-4-2-7(6-11)8(12)9-10-3-5-13-9/h3,5,7-8,12H,2,4,6H2,1H3. The van der Waals surface area contributed by atoms with Gasteiger partial charge in [-0.2, -0.15) is 0 Å². The zero-order chi connectivity index (χ0) is 9.26. The summed E-state index contributed by atoms with van der Waals surface area (Å²) in [6.45, 7) is 2.08. The van der Waals surface area contributed by atoms with E-state index in [2.05, 4.69) is 16.9 Å². The molecule has 0 aliphatic carbocycles. The van der Waals surface area contributed by atoms with E-state index in [1.165, 1.54) is 11.3 Å². The maximum Gasteiger partial charge on any atom is 0.121 e. The van der Waals surface area contributed by atoms with Crippen molar-refractivity contribution in [2.24, 2.45) is 5.92 Å². The van der Waals surface area contributed by atoms with Gasteiger partial charge < -0.3 is 10.0 Å². The predicted octanol–water partition coefficient (Wildman–Crippen LogP) is 1.13. The summed E-state index contributed by atoms with van der Waals surface area (Å²) in [6, 6.07) is 0. The van der Waals surface area contributed by atoms with Crippen LogP contribution in [0.25, 0.3) is 0 Å². The average molecular weight is 198 g/mol. The second-order valence-corrected chi connectivity index (χ2v) is 4.55. The topological polar surface area (TPSA) is 36.4 Å². The van der Waals surface area contributed by atoms with Crippen molar-refractivity contribution in [3.63, 3.8) is 0 Å². The van der Waals surface area contributed by atoms with Crippen molar-refractivity contribution in [3.05, 3.63) is 16.6 Å². The summed E-state index contributed by atoms with van der Waals surface area (Å²) in [5.41, 5.74) is 0. The number of aliphatic hydroxyl groups excluding tert-OH is 1. The van der Waals surface area contributed by atoms with Gasteiger partial charge in [-0.15, -0.1) is 11.3 Å². The van der Waals surface area contributed by atoms with E-state index in [4.69, 9.17) is 0 Å². The molecule has 1 N–H and O–H groups in total. The number of thiazole rings is 1. The zero-order valence-corrected chi connectivity index (χ0v) is 8.50.